The lowest BCUT2D eigenvalue weighted by Gasteiger charge is -2.35. The Morgan fingerprint density at radius 3 is 2.52 bits per heavy atom. The number of nitrogens with two attached hydrogens (primary N) is 1. The molecular weight excluding hydrogens is 338 g/mol. The van der Waals surface area contributed by atoms with E-state index in [4.69, 9.17) is 5.73 Å². The van der Waals surface area contributed by atoms with Crippen LogP contribution in [0.15, 0.2) is 41.9 Å². The maximum atomic E-state index is 12.7. The summed E-state index contributed by atoms with van der Waals surface area (Å²) in [5.41, 5.74) is 6.14. The number of carbonyl (C=O) groups is 2. The largest absolute Gasteiger partial charge is 0.352 e. The molecule has 0 aliphatic carbocycles. The molecule has 0 saturated carbocycles. The van der Waals surface area contributed by atoms with Crippen LogP contribution in [0.25, 0.3) is 0 Å². The fraction of sp³-hybridized carbons (Fsp3) is 0.353. The van der Waals surface area contributed by atoms with Gasteiger partial charge >= 0.3 is 6.03 Å². The summed E-state index contributed by atoms with van der Waals surface area (Å²) in [6.45, 7) is 2.82. The summed E-state index contributed by atoms with van der Waals surface area (Å²) in [6, 6.07) is 8.37. The molecule has 1 saturated heterocycles. The van der Waals surface area contributed by atoms with Crippen LogP contribution in [-0.4, -0.2) is 48.0 Å². The van der Waals surface area contributed by atoms with Crippen molar-refractivity contribution < 1.29 is 9.59 Å². The van der Waals surface area contributed by atoms with Crippen molar-refractivity contribution in [3.63, 3.8) is 0 Å². The summed E-state index contributed by atoms with van der Waals surface area (Å²) < 4.78 is 0. The fourth-order valence-corrected chi connectivity index (χ4v) is 3.63. The first-order valence-corrected chi connectivity index (χ1v) is 9.04. The number of rotatable bonds is 5. The molecule has 132 valence electrons. The van der Waals surface area contributed by atoms with Crippen molar-refractivity contribution in [1.29, 1.82) is 0 Å². The van der Waals surface area contributed by atoms with Gasteiger partial charge in [-0.1, -0.05) is 30.3 Å². The van der Waals surface area contributed by atoms with Gasteiger partial charge in [0.15, 0.2) is 5.13 Å². The molecule has 7 nitrogen and oxygen atoms in total. The summed E-state index contributed by atoms with van der Waals surface area (Å²) in [5, 5.41) is 5.61. The number of piperazine rings is 1. The molecule has 1 aromatic heterocycles. The molecule has 0 bridgehead atoms. The van der Waals surface area contributed by atoms with E-state index in [-0.39, 0.29) is 12.3 Å². The third-order valence-electron chi connectivity index (χ3n) is 4.22. The Morgan fingerprint density at radius 1 is 1.20 bits per heavy atom. The molecule has 0 radical (unpaired) electrons. The van der Waals surface area contributed by atoms with Crippen LogP contribution in [0.1, 0.15) is 18.0 Å². The minimum absolute atomic E-state index is 0.0152. The lowest BCUT2D eigenvalue weighted by Crippen LogP contribution is -2.49. The first-order valence-electron chi connectivity index (χ1n) is 8.16. The molecule has 2 heterocycles. The summed E-state index contributed by atoms with van der Waals surface area (Å²) >= 11 is 1.60. The van der Waals surface area contributed by atoms with Gasteiger partial charge in [-0.25, -0.2) is 9.78 Å². The molecule has 1 aliphatic rings. The van der Waals surface area contributed by atoms with Crippen molar-refractivity contribution in [2.75, 3.05) is 31.1 Å². The number of urea groups is 1. The van der Waals surface area contributed by atoms with Crippen LogP contribution >= 0.6 is 11.3 Å². The van der Waals surface area contributed by atoms with Gasteiger partial charge in [0.05, 0.1) is 12.5 Å². The van der Waals surface area contributed by atoms with E-state index in [2.05, 4.69) is 15.2 Å². The molecule has 1 aromatic carbocycles. The Kier molecular flexibility index (Phi) is 5.49. The third kappa shape index (κ3) is 4.48. The van der Waals surface area contributed by atoms with Crippen LogP contribution in [-0.2, 0) is 4.79 Å². The molecule has 3 rings (SSSR count). The number of aromatic nitrogens is 1. The molecule has 0 unspecified atom stereocenters. The highest BCUT2D eigenvalue weighted by Crippen LogP contribution is 2.21. The smallest absolute Gasteiger partial charge is 0.312 e. The minimum Gasteiger partial charge on any atom is -0.352 e. The van der Waals surface area contributed by atoms with Crippen LogP contribution in [0.4, 0.5) is 9.93 Å². The molecular formula is C17H21N5O2S. The zero-order valence-corrected chi connectivity index (χ0v) is 14.6. The maximum absolute atomic E-state index is 12.7. The second-order valence-corrected chi connectivity index (χ2v) is 6.73. The maximum Gasteiger partial charge on any atom is 0.312 e. The number of nitrogens with one attached hydrogen (secondary N) is 1. The van der Waals surface area contributed by atoms with Crippen molar-refractivity contribution in [3.8, 4) is 0 Å². The van der Waals surface area contributed by atoms with Crippen molar-refractivity contribution >= 4 is 28.4 Å². The number of carbonyl (C=O) groups excluding carboxylic acids is 2. The lowest BCUT2D eigenvalue weighted by atomic mass is 10.0. The molecule has 8 heteroatoms. The molecule has 1 aliphatic heterocycles. The lowest BCUT2D eigenvalue weighted by molar-refractivity contribution is -0.132. The van der Waals surface area contributed by atoms with Crippen molar-refractivity contribution in [2.45, 2.75) is 12.5 Å². The van der Waals surface area contributed by atoms with E-state index in [1.165, 1.54) is 0 Å². The monoisotopic (exact) mass is 359 g/mol. The predicted octanol–water partition coefficient (Wildman–Crippen LogP) is 1.59. The van der Waals surface area contributed by atoms with Gasteiger partial charge in [0.1, 0.15) is 0 Å². The topological polar surface area (TPSA) is 91.6 Å². The number of anilines is 1. The van der Waals surface area contributed by atoms with Crippen LogP contribution in [0, 0.1) is 0 Å². The summed E-state index contributed by atoms with van der Waals surface area (Å²) in [4.78, 5) is 32.3. The Balaban J connectivity index is 1.59. The van der Waals surface area contributed by atoms with Gasteiger partial charge in [-0.05, 0) is 5.56 Å². The Morgan fingerprint density at radius 2 is 1.92 bits per heavy atom. The quantitative estimate of drug-likeness (QED) is 0.848. The molecule has 0 spiro atoms. The Bertz CT molecular complexity index is 699. The standard InChI is InChI=1S/C17H21N5O2S/c18-16(24)20-14(13-4-2-1-3-5-13)12-15(23)21-7-9-22(10-8-21)17-19-6-11-25-17/h1-6,11,14H,7-10,12H2,(H3,18,20,24)/t14-/m0/s1. The normalized spacial score (nSPS) is 15.7. The van der Waals surface area contributed by atoms with Crippen LogP contribution in [0.5, 0.6) is 0 Å². The average molecular weight is 359 g/mol. The van der Waals surface area contributed by atoms with Gasteiger partial charge < -0.3 is 20.9 Å². The number of amides is 3. The summed E-state index contributed by atoms with van der Waals surface area (Å²) in [5.74, 6) is 0.0152. The molecule has 1 fully saturated rings. The van der Waals surface area contributed by atoms with E-state index < -0.39 is 12.1 Å². The molecule has 3 amide bonds. The van der Waals surface area contributed by atoms with Crippen molar-refractivity contribution in [1.82, 2.24) is 15.2 Å². The van der Waals surface area contributed by atoms with E-state index in [0.717, 1.165) is 23.8 Å². The highest BCUT2D eigenvalue weighted by molar-refractivity contribution is 7.13. The first kappa shape index (κ1) is 17.2. The average Bonchev–Trinajstić information content (AvgIpc) is 3.16. The highest BCUT2D eigenvalue weighted by Gasteiger charge is 2.25. The van der Waals surface area contributed by atoms with E-state index in [9.17, 15) is 9.59 Å². The molecule has 1 atom stereocenters. The van der Waals surface area contributed by atoms with Crippen LogP contribution in [0.2, 0.25) is 0 Å². The van der Waals surface area contributed by atoms with Gasteiger partial charge in [0.2, 0.25) is 5.91 Å². The minimum atomic E-state index is -0.629. The van der Waals surface area contributed by atoms with E-state index in [0.29, 0.717) is 13.1 Å². The highest BCUT2D eigenvalue weighted by atomic mass is 32.1. The number of hydrogen-bond donors (Lipinski definition) is 2. The summed E-state index contributed by atoms with van der Waals surface area (Å²) in [7, 11) is 0. The Labute approximate surface area is 150 Å². The number of nitrogens with zero attached hydrogens (tertiary/aromatic N) is 3. The van der Waals surface area contributed by atoms with Crippen LogP contribution in [0.3, 0.4) is 0 Å². The number of primary amides is 1. The molecule has 2 aromatic rings. The predicted molar refractivity (Wildman–Crippen MR) is 97.4 cm³/mol. The van der Waals surface area contributed by atoms with E-state index in [1.807, 2.05) is 40.6 Å². The van der Waals surface area contributed by atoms with Crippen molar-refractivity contribution in [2.24, 2.45) is 5.73 Å². The van der Waals surface area contributed by atoms with Gasteiger partial charge in [0, 0.05) is 37.8 Å². The molecule has 3 N–H and O–H groups in total. The van der Waals surface area contributed by atoms with Gasteiger partial charge in [0.25, 0.3) is 0 Å². The number of thiazole rings is 1. The third-order valence-corrected chi connectivity index (χ3v) is 5.05. The zero-order chi connectivity index (χ0) is 17.6. The second kappa shape index (κ2) is 7.98. The summed E-state index contributed by atoms with van der Waals surface area (Å²) in [6.07, 6.45) is 1.99. The number of hydrogen-bond acceptors (Lipinski definition) is 5. The van der Waals surface area contributed by atoms with Gasteiger partial charge in [-0.2, -0.15) is 0 Å². The Hall–Kier alpha value is -2.61. The fourth-order valence-electron chi connectivity index (χ4n) is 2.93. The molecule has 25 heavy (non-hydrogen) atoms. The van der Waals surface area contributed by atoms with Gasteiger partial charge in [-0.15, -0.1) is 11.3 Å². The van der Waals surface area contributed by atoms with Gasteiger partial charge in [-0.3, -0.25) is 4.79 Å². The van der Waals surface area contributed by atoms with E-state index in [1.54, 1.807) is 17.5 Å². The van der Waals surface area contributed by atoms with Crippen molar-refractivity contribution in [3.05, 3.63) is 47.5 Å². The second-order valence-electron chi connectivity index (χ2n) is 5.86. The first-order chi connectivity index (χ1) is 12.1. The SMILES string of the molecule is NC(=O)N[C@@H](CC(=O)N1CCN(c2nccs2)CC1)c1ccccc1. The number of benzene rings is 1. The van der Waals surface area contributed by atoms with Crippen LogP contribution < -0.4 is 16.0 Å². The zero-order valence-electron chi connectivity index (χ0n) is 13.8. The van der Waals surface area contributed by atoms with E-state index >= 15 is 0 Å².